The predicted molar refractivity (Wildman–Crippen MR) is 91.5 cm³/mol. The van der Waals surface area contributed by atoms with E-state index in [9.17, 15) is 9.18 Å². The summed E-state index contributed by atoms with van der Waals surface area (Å²) < 4.78 is 13.0. The van der Waals surface area contributed by atoms with Gasteiger partial charge in [0.25, 0.3) is 5.91 Å². The van der Waals surface area contributed by atoms with Gasteiger partial charge in [0, 0.05) is 10.6 Å². The highest BCUT2D eigenvalue weighted by Gasteiger charge is 2.18. The smallest absolute Gasteiger partial charge is 0.252 e. The molecule has 3 aromatic rings. The Morgan fingerprint density at radius 3 is 2.30 bits per heavy atom. The van der Waals surface area contributed by atoms with Crippen molar-refractivity contribution >= 4 is 28.8 Å². The lowest BCUT2D eigenvalue weighted by molar-refractivity contribution is 0.0943. The summed E-state index contributed by atoms with van der Waals surface area (Å²) in [5.41, 5.74) is 2.34. The van der Waals surface area contributed by atoms with E-state index in [0.717, 1.165) is 11.1 Å². The van der Waals surface area contributed by atoms with Crippen LogP contribution in [0.5, 0.6) is 0 Å². The number of carbonyl (C=O) groups is 1. The summed E-state index contributed by atoms with van der Waals surface area (Å²) >= 11 is 7.50. The third kappa shape index (κ3) is 3.78. The molecule has 0 aliphatic heterocycles. The Morgan fingerprint density at radius 1 is 1.00 bits per heavy atom. The van der Waals surface area contributed by atoms with Crippen molar-refractivity contribution in [2.24, 2.45) is 0 Å². The lowest BCUT2D eigenvalue weighted by atomic mass is 10.0. The largest absolute Gasteiger partial charge is 0.341 e. The van der Waals surface area contributed by atoms with Crippen LogP contribution in [0.4, 0.5) is 4.39 Å². The maximum atomic E-state index is 13.0. The van der Waals surface area contributed by atoms with E-state index in [-0.39, 0.29) is 17.8 Å². The topological polar surface area (TPSA) is 29.1 Å². The molecule has 3 rings (SSSR count). The molecular weight excluding hydrogens is 333 g/mol. The molecular formula is C18H13ClFNOS. The molecule has 0 fully saturated rings. The molecule has 2 aromatic carbocycles. The van der Waals surface area contributed by atoms with Crippen LogP contribution in [0, 0.1) is 5.82 Å². The van der Waals surface area contributed by atoms with Crippen LogP contribution in [0.25, 0.3) is 0 Å². The highest BCUT2D eigenvalue weighted by atomic mass is 35.5. The Kier molecular flexibility index (Phi) is 4.74. The van der Waals surface area contributed by atoms with Crippen molar-refractivity contribution in [2.75, 3.05) is 0 Å². The van der Waals surface area contributed by atoms with Crippen molar-refractivity contribution < 1.29 is 9.18 Å². The molecule has 0 saturated heterocycles. The van der Waals surface area contributed by atoms with Crippen LogP contribution >= 0.6 is 22.9 Å². The van der Waals surface area contributed by atoms with Crippen molar-refractivity contribution in [1.29, 1.82) is 0 Å². The van der Waals surface area contributed by atoms with Gasteiger partial charge in [-0.15, -0.1) is 0 Å². The van der Waals surface area contributed by atoms with Gasteiger partial charge in [0.2, 0.25) is 0 Å². The fourth-order valence-electron chi connectivity index (χ4n) is 2.27. The molecule has 2 nitrogen and oxygen atoms in total. The molecule has 5 heteroatoms. The highest BCUT2D eigenvalue weighted by molar-refractivity contribution is 7.08. The van der Waals surface area contributed by atoms with Crippen molar-refractivity contribution in [3.05, 3.63) is 92.9 Å². The Morgan fingerprint density at radius 2 is 1.70 bits per heavy atom. The van der Waals surface area contributed by atoms with Crippen molar-refractivity contribution in [2.45, 2.75) is 6.04 Å². The Labute approximate surface area is 142 Å². The minimum absolute atomic E-state index is 0.254. The molecule has 0 saturated carbocycles. The van der Waals surface area contributed by atoms with Gasteiger partial charge in [0.15, 0.2) is 0 Å². The molecule has 0 radical (unpaired) electrons. The normalized spacial score (nSPS) is 11.9. The summed E-state index contributed by atoms with van der Waals surface area (Å²) in [5, 5.41) is 7.59. The number of halogens is 2. The van der Waals surface area contributed by atoms with Crippen molar-refractivity contribution in [1.82, 2.24) is 5.32 Å². The van der Waals surface area contributed by atoms with E-state index in [2.05, 4.69) is 5.32 Å². The fourth-order valence-corrected chi connectivity index (χ4v) is 3.08. The lowest BCUT2D eigenvalue weighted by Crippen LogP contribution is -2.29. The third-order valence-corrected chi connectivity index (χ3v) is 4.42. The van der Waals surface area contributed by atoms with Gasteiger partial charge >= 0.3 is 0 Å². The molecule has 116 valence electrons. The second-order valence-corrected chi connectivity index (χ2v) is 6.24. The third-order valence-electron chi connectivity index (χ3n) is 3.46. The van der Waals surface area contributed by atoms with E-state index in [1.54, 1.807) is 23.5 Å². The summed E-state index contributed by atoms with van der Waals surface area (Å²) in [6.07, 6.45) is 0. The molecule has 0 aliphatic rings. The first-order valence-electron chi connectivity index (χ1n) is 6.97. The summed E-state index contributed by atoms with van der Waals surface area (Å²) in [6, 6.07) is 14.5. The number of carbonyl (C=O) groups excluding carboxylic acids is 1. The zero-order valence-electron chi connectivity index (χ0n) is 12.0. The average molecular weight is 346 g/mol. The van der Waals surface area contributed by atoms with Crippen LogP contribution in [-0.4, -0.2) is 5.91 Å². The van der Waals surface area contributed by atoms with Gasteiger partial charge in [0.1, 0.15) is 5.82 Å². The number of rotatable bonds is 4. The van der Waals surface area contributed by atoms with Gasteiger partial charge in [-0.25, -0.2) is 4.39 Å². The Bertz CT molecular complexity index is 785. The molecule has 0 spiro atoms. The van der Waals surface area contributed by atoms with Crippen molar-refractivity contribution in [3.8, 4) is 0 Å². The van der Waals surface area contributed by atoms with E-state index < -0.39 is 0 Å². The maximum absolute atomic E-state index is 13.0. The predicted octanol–water partition coefficient (Wildman–Crippen LogP) is 5.06. The number of thiophene rings is 1. The summed E-state index contributed by atoms with van der Waals surface area (Å²) in [6.45, 7) is 0. The molecule has 1 amide bonds. The van der Waals surface area contributed by atoms with E-state index in [1.807, 2.05) is 29.0 Å². The summed E-state index contributed by atoms with van der Waals surface area (Å²) in [4.78, 5) is 12.4. The van der Waals surface area contributed by atoms with Gasteiger partial charge in [-0.2, -0.15) is 11.3 Å². The number of nitrogens with one attached hydrogen (secondary N) is 1. The molecule has 1 atom stereocenters. The molecule has 1 N–H and O–H groups in total. The summed E-state index contributed by atoms with van der Waals surface area (Å²) in [5.74, 6) is -0.621. The minimum atomic E-state index is -0.367. The number of hydrogen-bond donors (Lipinski definition) is 1. The molecule has 1 aromatic heterocycles. The average Bonchev–Trinajstić information content (AvgIpc) is 3.08. The van der Waals surface area contributed by atoms with E-state index in [0.29, 0.717) is 10.6 Å². The van der Waals surface area contributed by atoms with Crippen molar-refractivity contribution in [3.63, 3.8) is 0 Å². The first-order chi connectivity index (χ1) is 11.1. The van der Waals surface area contributed by atoms with Crippen LogP contribution < -0.4 is 5.32 Å². The number of amides is 1. The SMILES string of the molecule is O=C(NC(c1ccc(Cl)cc1)c1ccsc1)c1ccc(F)cc1. The standard InChI is InChI=1S/C18H13ClFNOS/c19-15-5-1-12(2-6-15)17(14-9-10-23-11-14)21-18(22)13-3-7-16(20)8-4-13/h1-11,17H,(H,21,22). The highest BCUT2D eigenvalue weighted by Crippen LogP contribution is 2.25. The van der Waals surface area contributed by atoms with E-state index >= 15 is 0 Å². The van der Waals surface area contributed by atoms with Gasteiger partial charge in [-0.3, -0.25) is 4.79 Å². The number of benzene rings is 2. The lowest BCUT2D eigenvalue weighted by Gasteiger charge is -2.18. The zero-order valence-corrected chi connectivity index (χ0v) is 13.6. The summed E-state index contributed by atoms with van der Waals surface area (Å²) in [7, 11) is 0. The van der Waals surface area contributed by atoms with Crippen LogP contribution in [-0.2, 0) is 0 Å². The number of hydrogen-bond acceptors (Lipinski definition) is 2. The first kappa shape index (κ1) is 15.7. The van der Waals surface area contributed by atoms with Gasteiger partial charge < -0.3 is 5.32 Å². The van der Waals surface area contributed by atoms with Crippen LogP contribution in [0.3, 0.4) is 0 Å². The van der Waals surface area contributed by atoms with Gasteiger partial charge in [-0.05, 0) is 64.4 Å². The molecule has 1 unspecified atom stereocenters. The Balaban J connectivity index is 1.88. The quantitative estimate of drug-likeness (QED) is 0.703. The minimum Gasteiger partial charge on any atom is -0.341 e. The van der Waals surface area contributed by atoms with Crippen LogP contribution in [0.1, 0.15) is 27.5 Å². The van der Waals surface area contributed by atoms with E-state index in [4.69, 9.17) is 11.6 Å². The Hall–Kier alpha value is -2.17. The second-order valence-electron chi connectivity index (χ2n) is 5.02. The van der Waals surface area contributed by atoms with Gasteiger partial charge in [-0.1, -0.05) is 23.7 Å². The molecule has 0 aliphatic carbocycles. The molecule has 0 bridgehead atoms. The maximum Gasteiger partial charge on any atom is 0.252 e. The van der Waals surface area contributed by atoms with Gasteiger partial charge in [0.05, 0.1) is 6.04 Å². The molecule has 23 heavy (non-hydrogen) atoms. The van der Waals surface area contributed by atoms with E-state index in [1.165, 1.54) is 24.3 Å². The first-order valence-corrected chi connectivity index (χ1v) is 8.29. The molecule has 1 heterocycles. The second kappa shape index (κ2) is 6.94. The monoisotopic (exact) mass is 345 g/mol. The zero-order chi connectivity index (χ0) is 16.2. The van der Waals surface area contributed by atoms with Crippen LogP contribution in [0.2, 0.25) is 5.02 Å². The fraction of sp³-hybridized carbons (Fsp3) is 0.0556. The van der Waals surface area contributed by atoms with Crippen LogP contribution in [0.15, 0.2) is 65.4 Å².